The van der Waals surface area contributed by atoms with E-state index >= 15 is 0 Å². The molecular weight excluding hydrogens is 257 g/mol. The van der Waals surface area contributed by atoms with Crippen LogP contribution >= 0.6 is 0 Å². The highest BCUT2D eigenvalue weighted by Crippen LogP contribution is 2.21. The van der Waals surface area contributed by atoms with Crippen molar-refractivity contribution in [2.45, 2.75) is 17.9 Å². The van der Waals surface area contributed by atoms with E-state index in [-0.39, 0.29) is 5.75 Å². The summed E-state index contributed by atoms with van der Waals surface area (Å²) in [5, 5.41) is 0. The predicted molar refractivity (Wildman–Crippen MR) is 68.7 cm³/mol. The van der Waals surface area contributed by atoms with Crippen molar-refractivity contribution in [3.8, 4) is 0 Å². The molecule has 102 valence electrons. The van der Waals surface area contributed by atoms with E-state index in [4.69, 9.17) is 10.5 Å². The van der Waals surface area contributed by atoms with Crippen LogP contribution in [0.15, 0.2) is 24.3 Å². The first-order valence-electron chi connectivity index (χ1n) is 5.48. The maximum atomic E-state index is 12.5. The number of rotatable bonds is 6. The van der Waals surface area contributed by atoms with Crippen LogP contribution in [-0.4, -0.2) is 34.5 Å². The topological polar surface area (TPSA) is 69.4 Å². The van der Waals surface area contributed by atoms with Crippen LogP contribution in [0.1, 0.15) is 17.2 Å². The van der Waals surface area contributed by atoms with E-state index in [0.717, 1.165) is 5.56 Å². The minimum Gasteiger partial charge on any atom is -0.375 e. The van der Waals surface area contributed by atoms with Gasteiger partial charge in [0.05, 0.1) is 17.9 Å². The van der Waals surface area contributed by atoms with Crippen LogP contribution in [0.4, 0.5) is 4.39 Å². The molecule has 0 saturated carbocycles. The Kier molecular flexibility index (Phi) is 5.25. The number of benzene rings is 1. The average Bonchev–Trinajstić information content (AvgIpc) is 2.30. The summed E-state index contributed by atoms with van der Waals surface area (Å²) in [7, 11) is -1.59. The van der Waals surface area contributed by atoms with Crippen LogP contribution in [-0.2, 0) is 20.3 Å². The first kappa shape index (κ1) is 15.1. The minimum absolute atomic E-state index is 0.0138. The van der Waals surface area contributed by atoms with Crippen molar-refractivity contribution < 1.29 is 17.5 Å². The lowest BCUT2D eigenvalue weighted by Crippen LogP contribution is -2.31. The summed E-state index contributed by atoms with van der Waals surface area (Å²) in [5.41, 5.74) is 7.02. The van der Waals surface area contributed by atoms with Crippen LogP contribution < -0.4 is 5.73 Å². The summed E-state index contributed by atoms with van der Waals surface area (Å²) in [6.07, 6.45) is 0.653. The number of methoxy groups -OCH3 is 1. The quantitative estimate of drug-likeness (QED) is 0.847. The smallest absolute Gasteiger partial charge is 0.151 e. The molecule has 0 heterocycles. The van der Waals surface area contributed by atoms with E-state index in [0.29, 0.717) is 5.56 Å². The molecule has 4 nitrogen and oxygen atoms in total. The van der Waals surface area contributed by atoms with E-state index in [2.05, 4.69) is 0 Å². The van der Waals surface area contributed by atoms with Crippen LogP contribution in [0.5, 0.6) is 0 Å². The van der Waals surface area contributed by atoms with Crippen molar-refractivity contribution in [2.75, 3.05) is 20.0 Å². The third kappa shape index (κ3) is 4.36. The molecule has 2 N–H and O–H groups in total. The molecule has 0 aliphatic rings. The molecule has 0 amide bonds. The number of hydrogen-bond donors (Lipinski definition) is 1. The molecule has 0 saturated heterocycles. The minimum atomic E-state index is -3.05. The molecule has 6 heteroatoms. The SMILES string of the molecule is CO[C@H](c1ccc(CS(C)(=O)=O)cc1)[C@H](N)CF. The van der Waals surface area contributed by atoms with Gasteiger partial charge in [-0.05, 0) is 11.1 Å². The molecule has 1 aromatic carbocycles. The molecule has 1 aromatic rings. The van der Waals surface area contributed by atoms with Crippen molar-refractivity contribution in [1.82, 2.24) is 0 Å². The van der Waals surface area contributed by atoms with Gasteiger partial charge in [-0.2, -0.15) is 0 Å². The van der Waals surface area contributed by atoms with Crippen LogP contribution in [0, 0.1) is 0 Å². The molecule has 0 fully saturated rings. The van der Waals surface area contributed by atoms with Crippen molar-refractivity contribution in [2.24, 2.45) is 5.73 Å². The summed E-state index contributed by atoms with van der Waals surface area (Å²) in [6.45, 7) is -0.677. The molecule has 0 radical (unpaired) electrons. The van der Waals surface area contributed by atoms with Gasteiger partial charge < -0.3 is 10.5 Å². The first-order valence-corrected chi connectivity index (χ1v) is 7.54. The maximum absolute atomic E-state index is 12.5. The highest BCUT2D eigenvalue weighted by molar-refractivity contribution is 7.89. The average molecular weight is 275 g/mol. The number of nitrogens with two attached hydrogens (primary N) is 1. The standard InChI is InChI=1S/C12H18FNO3S/c1-17-12(11(14)7-13)10-5-3-9(4-6-10)8-18(2,15)16/h3-6,11-12H,7-8,14H2,1-2H3/t11-,12-/m1/s1. The molecule has 0 aliphatic carbocycles. The second-order valence-corrected chi connectivity index (χ2v) is 6.43. The number of halogens is 1. The van der Waals surface area contributed by atoms with Gasteiger partial charge in [0.1, 0.15) is 6.67 Å². The lowest BCUT2D eigenvalue weighted by molar-refractivity contribution is 0.0721. The fraction of sp³-hybridized carbons (Fsp3) is 0.500. The van der Waals surface area contributed by atoms with Crippen molar-refractivity contribution in [3.63, 3.8) is 0 Å². The lowest BCUT2D eigenvalue weighted by atomic mass is 10.0. The number of ether oxygens (including phenoxy) is 1. The van der Waals surface area contributed by atoms with E-state index in [9.17, 15) is 12.8 Å². The van der Waals surface area contributed by atoms with Crippen molar-refractivity contribution >= 4 is 9.84 Å². The van der Waals surface area contributed by atoms with E-state index in [1.165, 1.54) is 13.4 Å². The zero-order valence-electron chi connectivity index (χ0n) is 10.5. The third-order valence-corrected chi connectivity index (χ3v) is 3.42. The first-order chi connectivity index (χ1) is 8.37. The second-order valence-electron chi connectivity index (χ2n) is 4.29. The van der Waals surface area contributed by atoms with Crippen LogP contribution in [0.25, 0.3) is 0 Å². The number of alkyl halides is 1. The molecule has 1 rings (SSSR count). The molecular formula is C12H18FNO3S. The van der Waals surface area contributed by atoms with Gasteiger partial charge in [0, 0.05) is 13.4 Å². The zero-order valence-corrected chi connectivity index (χ0v) is 11.3. The predicted octanol–water partition coefficient (Wildman–Crippen LogP) is 1.22. The molecule has 18 heavy (non-hydrogen) atoms. The highest BCUT2D eigenvalue weighted by Gasteiger charge is 2.19. The van der Waals surface area contributed by atoms with Gasteiger partial charge in [0.25, 0.3) is 0 Å². The Balaban J connectivity index is 2.87. The highest BCUT2D eigenvalue weighted by atomic mass is 32.2. The molecule has 2 atom stereocenters. The Morgan fingerprint density at radius 2 is 1.89 bits per heavy atom. The van der Waals surface area contributed by atoms with E-state index < -0.39 is 28.7 Å². The number of sulfone groups is 1. The van der Waals surface area contributed by atoms with Gasteiger partial charge in [0.15, 0.2) is 9.84 Å². The van der Waals surface area contributed by atoms with Gasteiger partial charge in [-0.15, -0.1) is 0 Å². The molecule has 0 aliphatic heterocycles. The van der Waals surface area contributed by atoms with Crippen LogP contribution in [0.3, 0.4) is 0 Å². The fourth-order valence-corrected chi connectivity index (χ4v) is 2.54. The lowest BCUT2D eigenvalue weighted by Gasteiger charge is -2.20. The molecule has 0 unspecified atom stereocenters. The molecule has 0 spiro atoms. The summed E-state index contributed by atoms with van der Waals surface area (Å²) in [4.78, 5) is 0. The summed E-state index contributed by atoms with van der Waals surface area (Å²) < 4.78 is 39.9. The Bertz CT molecular complexity index is 473. The van der Waals surface area contributed by atoms with E-state index in [1.807, 2.05) is 0 Å². The van der Waals surface area contributed by atoms with Crippen molar-refractivity contribution in [1.29, 1.82) is 0 Å². The monoisotopic (exact) mass is 275 g/mol. The molecule has 0 bridgehead atoms. The Labute approximate surface area is 107 Å². The van der Waals surface area contributed by atoms with Crippen LogP contribution in [0.2, 0.25) is 0 Å². The Morgan fingerprint density at radius 1 is 1.33 bits per heavy atom. The van der Waals surface area contributed by atoms with Gasteiger partial charge in [-0.25, -0.2) is 12.8 Å². The van der Waals surface area contributed by atoms with Gasteiger partial charge in [-0.1, -0.05) is 24.3 Å². The van der Waals surface area contributed by atoms with Gasteiger partial charge in [-0.3, -0.25) is 0 Å². The summed E-state index contributed by atoms with van der Waals surface area (Å²) in [6, 6.07) is 6.07. The maximum Gasteiger partial charge on any atom is 0.151 e. The van der Waals surface area contributed by atoms with Crippen molar-refractivity contribution in [3.05, 3.63) is 35.4 Å². The second kappa shape index (κ2) is 6.26. The summed E-state index contributed by atoms with van der Waals surface area (Å²) in [5.74, 6) is -0.0138. The normalized spacial score (nSPS) is 15.3. The molecule has 0 aromatic heterocycles. The summed E-state index contributed by atoms with van der Waals surface area (Å²) >= 11 is 0. The number of hydrogen-bond acceptors (Lipinski definition) is 4. The largest absolute Gasteiger partial charge is 0.375 e. The Hall–Kier alpha value is -0.980. The third-order valence-electron chi connectivity index (χ3n) is 2.56. The van der Waals surface area contributed by atoms with Gasteiger partial charge >= 0.3 is 0 Å². The fourth-order valence-electron chi connectivity index (χ4n) is 1.75. The van der Waals surface area contributed by atoms with Gasteiger partial charge in [0.2, 0.25) is 0 Å². The Morgan fingerprint density at radius 3 is 2.28 bits per heavy atom. The van der Waals surface area contributed by atoms with E-state index in [1.54, 1.807) is 24.3 Å². The zero-order chi connectivity index (χ0) is 13.8.